The van der Waals surface area contributed by atoms with Gasteiger partial charge in [0.25, 0.3) is 0 Å². The van der Waals surface area contributed by atoms with Crippen molar-refractivity contribution in [2.45, 2.75) is 44.0 Å². The summed E-state index contributed by atoms with van der Waals surface area (Å²) >= 11 is 3.57. The van der Waals surface area contributed by atoms with Gasteiger partial charge >= 0.3 is 0 Å². The van der Waals surface area contributed by atoms with Gasteiger partial charge in [-0.15, -0.1) is 0 Å². The fourth-order valence-electron chi connectivity index (χ4n) is 1.74. The molecule has 0 aliphatic heterocycles. The highest BCUT2D eigenvalue weighted by Gasteiger charge is 2.29. The van der Waals surface area contributed by atoms with Crippen molar-refractivity contribution in [1.82, 2.24) is 4.98 Å². The molecule has 1 aliphatic rings. The normalized spacial score (nSPS) is 24.7. The van der Waals surface area contributed by atoms with E-state index in [0.717, 1.165) is 36.4 Å². The van der Waals surface area contributed by atoms with Gasteiger partial charge in [-0.3, -0.25) is 4.98 Å². The summed E-state index contributed by atoms with van der Waals surface area (Å²) in [6, 6.07) is 4.06. The molecule has 0 amide bonds. The Balaban J connectivity index is 2.07. The maximum absolute atomic E-state index is 5.91. The lowest BCUT2D eigenvalue weighted by molar-refractivity contribution is 0.126. The van der Waals surface area contributed by atoms with Crippen LogP contribution in [0.25, 0.3) is 0 Å². The second kappa shape index (κ2) is 4.52. The number of rotatable bonds is 3. The zero-order valence-corrected chi connectivity index (χ0v) is 10.8. The minimum absolute atomic E-state index is 0.379. The van der Waals surface area contributed by atoms with Crippen LogP contribution in [0.15, 0.2) is 12.1 Å². The van der Waals surface area contributed by atoms with E-state index in [2.05, 4.69) is 27.8 Å². The molecule has 1 aromatic rings. The van der Waals surface area contributed by atoms with Crippen LogP contribution in [0.5, 0.6) is 5.75 Å². The second-order valence-electron chi connectivity index (χ2n) is 4.06. The predicted octanol–water partition coefficient (Wildman–Crippen LogP) is 3.26. The van der Waals surface area contributed by atoms with Crippen LogP contribution in [0, 0.1) is 6.92 Å². The molecule has 15 heavy (non-hydrogen) atoms. The van der Waals surface area contributed by atoms with Crippen molar-refractivity contribution in [3.63, 3.8) is 0 Å². The molecule has 0 radical (unpaired) electrons. The van der Waals surface area contributed by atoms with Gasteiger partial charge in [-0.2, -0.15) is 0 Å². The molecule has 3 heteroatoms. The van der Waals surface area contributed by atoms with Gasteiger partial charge in [0.15, 0.2) is 0 Å². The lowest BCUT2D eigenvalue weighted by Crippen LogP contribution is -2.34. The summed E-state index contributed by atoms with van der Waals surface area (Å²) in [6.45, 7) is 4.13. The number of hydrogen-bond donors (Lipinski definition) is 0. The van der Waals surface area contributed by atoms with Crippen molar-refractivity contribution in [2.75, 3.05) is 0 Å². The zero-order chi connectivity index (χ0) is 10.8. The Morgan fingerprint density at radius 3 is 2.80 bits per heavy atom. The highest BCUT2D eigenvalue weighted by molar-refractivity contribution is 9.09. The molecule has 0 spiro atoms. The van der Waals surface area contributed by atoms with Crippen molar-refractivity contribution < 1.29 is 4.74 Å². The molecule has 0 unspecified atom stereocenters. The van der Waals surface area contributed by atoms with E-state index >= 15 is 0 Å². The maximum atomic E-state index is 5.91. The molecule has 0 bridgehead atoms. The monoisotopic (exact) mass is 269 g/mol. The van der Waals surface area contributed by atoms with E-state index in [1.54, 1.807) is 0 Å². The van der Waals surface area contributed by atoms with Crippen LogP contribution in [0.2, 0.25) is 0 Å². The third kappa shape index (κ3) is 2.51. The number of alkyl halides is 1. The van der Waals surface area contributed by atoms with Gasteiger partial charge in [0.2, 0.25) is 0 Å². The Bertz CT molecular complexity index is 347. The summed E-state index contributed by atoms with van der Waals surface area (Å²) in [5.74, 6) is 0.965. The highest BCUT2D eigenvalue weighted by Crippen LogP contribution is 2.32. The largest absolute Gasteiger partial charge is 0.488 e. The van der Waals surface area contributed by atoms with Crippen LogP contribution in [0.3, 0.4) is 0 Å². The van der Waals surface area contributed by atoms with Crippen molar-refractivity contribution in [3.05, 3.63) is 23.5 Å². The molecular weight excluding hydrogens is 254 g/mol. The average molecular weight is 270 g/mol. The molecule has 0 N–H and O–H groups in total. The van der Waals surface area contributed by atoms with Crippen LogP contribution in [0.4, 0.5) is 0 Å². The summed E-state index contributed by atoms with van der Waals surface area (Å²) in [7, 11) is 0. The van der Waals surface area contributed by atoms with E-state index in [4.69, 9.17) is 4.74 Å². The molecule has 2 nitrogen and oxygen atoms in total. The van der Waals surface area contributed by atoms with Crippen molar-refractivity contribution in [2.24, 2.45) is 0 Å². The lowest BCUT2D eigenvalue weighted by Gasteiger charge is -2.32. The molecule has 1 aliphatic carbocycles. The fourth-order valence-corrected chi connectivity index (χ4v) is 2.57. The first-order valence-electron chi connectivity index (χ1n) is 5.46. The number of pyridine rings is 1. The van der Waals surface area contributed by atoms with Crippen molar-refractivity contribution in [1.29, 1.82) is 0 Å². The number of halogens is 1. The average Bonchev–Trinajstić information content (AvgIpc) is 2.18. The summed E-state index contributed by atoms with van der Waals surface area (Å²) in [5, 5.41) is 0. The Hall–Kier alpha value is -0.570. The van der Waals surface area contributed by atoms with E-state index in [1.165, 1.54) is 0 Å². The Morgan fingerprint density at radius 2 is 2.20 bits per heavy atom. The number of aryl methyl sites for hydroxylation is 2. The molecule has 82 valence electrons. The number of nitrogens with zero attached hydrogens (tertiary/aromatic N) is 1. The predicted molar refractivity (Wildman–Crippen MR) is 64.7 cm³/mol. The number of ether oxygens (including phenoxy) is 1. The van der Waals surface area contributed by atoms with Crippen LogP contribution in [-0.4, -0.2) is 15.9 Å². The van der Waals surface area contributed by atoms with Gasteiger partial charge in [-0.25, -0.2) is 0 Å². The topological polar surface area (TPSA) is 22.1 Å². The van der Waals surface area contributed by atoms with Gasteiger partial charge in [0.05, 0.1) is 5.69 Å². The molecule has 1 saturated carbocycles. The lowest BCUT2D eigenvalue weighted by atomic mass is 9.96. The number of aromatic nitrogens is 1. The standard InChI is InChI=1S/C12H16BrNO/c1-3-11-12(5-4-8(2)14-11)15-10-6-9(13)7-10/h4-5,9-10H,3,6-7H2,1-2H3. The van der Waals surface area contributed by atoms with E-state index < -0.39 is 0 Å². The first kappa shape index (κ1) is 10.9. The summed E-state index contributed by atoms with van der Waals surface area (Å²) in [4.78, 5) is 5.13. The molecule has 1 aromatic heterocycles. The van der Waals surface area contributed by atoms with Gasteiger partial charge in [-0.1, -0.05) is 22.9 Å². The van der Waals surface area contributed by atoms with E-state index in [9.17, 15) is 0 Å². The van der Waals surface area contributed by atoms with Gasteiger partial charge in [0, 0.05) is 10.5 Å². The third-order valence-corrected chi connectivity index (χ3v) is 3.49. The van der Waals surface area contributed by atoms with Gasteiger partial charge in [0.1, 0.15) is 11.9 Å². The highest BCUT2D eigenvalue weighted by atomic mass is 79.9. The minimum atomic E-state index is 0.379. The molecule has 0 saturated heterocycles. The number of hydrogen-bond acceptors (Lipinski definition) is 2. The molecular formula is C12H16BrNO. The Labute approximate surface area is 99.2 Å². The third-order valence-electron chi connectivity index (χ3n) is 2.74. The Kier molecular flexibility index (Phi) is 3.29. The molecule has 0 atom stereocenters. The smallest absolute Gasteiger partial charge is 0.141 e. The van der Waals surface area contributed by atoms with Crippen molar-refractivity contribution in [3.8, 4) is 5.75 Å². The quantitative estimate of drug-likeness (QED) is 0.786. The maximum Gasteiger partial charge on any atom is 0.141 e. The molecule has 1 heterocycles. The fraction of sp³-hybridized carbons (Fsp3) is 0.583. The summed E-state index contributed by atoms with van der Waals surface area (Å²) < 4.78 is 5.91. The van der Waals surface area contributed by atoms with Crippen LogP contribution in [0.1, 0.15) is 31.2 Å². The minimum Gasteiger partial charge on any atom is -0.488 e. The van der Waals surface area contributed by atoms with Crippen LogP contribution < -0.4 is 4.74 Å². The van der Waals surface area contributed by atoms with Gasteiger partial charge < -0.3 is 4.74 Å². The summed E-state index contributed by atoms with van der Waals surface area (Å²) in [5.41, 5.74) is 2.14. The van der Waals surface area contributed by atoms with Crippen LogP contribution in [-0.2, 0) is 6.42 Å². The van der Waals surface area contributed by atoms with Crippen LogP contribution >= 0.6 is 15.9 Å². The molecule has 2 rings (SSSR count). The van der Waals surface area contributed by atoms with E-state index in [0.29, 0.717) is 10.9 Å². The SMILES string of the molecule is CCc1nc(C)ccc1OC1CC(Br)C1. The van der Waals surface area contributed by atoms with Crippen molar-refractivity contribution >= 4 is 15.9 Å². The first-order valence-corrected chi connectivity index (χ1v) is 6.38. The summed E-state index contributed by atoms with van der Waals surface area (Å²) in [6.07, 6.45) is 3.53. The molecule has 1 fully saturated rings. The zero-order valence-electron chi connectivity index (χ0n) is 9.16. The van der Waals surface area contributed by atoms with E-state index in [1.807, 2.05) is 19.1 Å². The Morgan fingerprint density at radius 1 is 1.47 bits per heavy atom. The van der Waals surface area contributed by atoms with E-state index in [-0.39, 0.29) is 0 Å². The second-order valence-corrected chi connectivity index (χ2v) is 5.35. The first-order chi connectivity index (χ1) is 7.19. The van der Waals surface area contributed by atoms with Gasteiger partial charge in [-0.05, 0) is 38.3 Å². The molecule has 0 aromatic carbocycles.